The molecule has 1 aliphatic carbocycles. The highest BCUT2D eigenvalue weighted by Crippen LogP contribution is 2.26. The first-order chi connectivity index (χ1) is 10.6. The third-order valence-corrected chi connectivity index (χ3v) is 3.69. The van der Waals surface area contributed by atoms with E-state index in [1.807, 2.05) is 6.07 Å². The zero-order valence-corrected chi connectivity index (χ0v) is 12.2. The number of nitrogens with one attached hydrogen (secondary N) is 1. The van der Waals surface area contributed by atoms with Gasteiger partial charge in [-0.2, -0.15) is 0 Å². The molecule has 0 amide bonds. The van der Waals surface area contributed by atoms with E-state index < -0.39 is 11.6 Å². The number of hydrogen-bond donors (Lipinski definition) is 2. The molecule has 0 fully saturated rings. The van der Waals surface area contributed by atoms with Gasteiger partial charge >= 0.3 is 0 Å². The van der Waals surface area contributed by atoms with Crippen LogP contribution in [-0.4, -0.2) is 16.7 Å². The van der Waals surface area contributed by atoms with E-state index in [9.17, 15) is 14.7 Å². The van der Waals surface area contributed by atoms with Crippen molar-refractivity contribution in [2.75, 3.05) is 0 Å². The molecule has 3 rings (SSSR count). The van der Waals surface area contributed by atoms with Crippen molar-refractivity contribution in [2.45, 2.75) is 6.54 Å². The number of aliphatic hydroxyl groups is 1. The third kappa shape index (κ3) is 2.49. The van der Waals surface area contributed by atoms with Gasteiger partial charge in [-0.25, -0.2) is 0 Å². The van der Waals surface area contributed by atoms with Gasteiger partial charge < -0.3 is 10.4 Å². The van der Waals surface area contributed by atoms with Crippen LogP contribution in [0.15, 0.2) is 54.2 Å². The Morgan fingerprint density at radius 1 is 0.955 bits per heavy atom. The Labute approximate surface area is 132 Å². The van der Waals surface area contributed by atoms with Crippen LogP contribution in [0.2, 0.25) is 5.02 Å². The van der Waals surface area contributed by atoms with Crippen LogP contribution in [0.25, 0.3) is 5.76 Å². The number of ketones is 2. The number of carbonyl (C=O) groups is 2. The Morgan fingerprint density at radius 2 is 1.68 bits per heavy atom. The van der Waals surface area contributed by atoms with E-state index in [4.69, 9.17) is 11.6 Å². The number of hydrogen-bond acceptors (Lipinski definition) is 4. The third-order valence-electron chi connectivity index (χ3n) is 3.46. The Morgan fingerprint density at radius 3 is 2.41 bits per heavy atom. The minimum absolute atomic E-state index is 0.0799. The van der Waals surface area contributed by atoms with Gasteiger partial charge in [-0.3, -0.25) is 9.59 Å². The maximum absolute atomic E-state index is 12.1. The molecule has 0 radical (unpaired) electrons. The van der Waals surface area contributed by atoms with E-state index in [2.05, 4.69) is 5.32 Å². The fourth-order valence-electron chi connectivity index (χ4n) is 2.37. The van der Waals surface area contributed by atoms with Crippen LogP contribution in [0.4, 0.5) is 0 Å². The van der Waals surface area contributed by atoms with Crippen molar-refractivity contribution in [1.82, 2.24) is 5.32 Å². The summed E-state index contributed by atoms with van der Waals surface area (Å²) in [5, 5.41) is 13.7. The van der Waals surface area contributed by atoms with Gasteiger partial charge in [-0.1, -0.05) is 48.0 Å². The first-order valence-corrected chi connectivity index (χ1v) is 7.05. The second kappa shape index (κ2) is 5.66. The highest BCUT2D eigenvalue weighted by molar-refractivity contribution is 6.52. The van der Waals surface area contributed by atoms with Gasteiger partial charge in [0.05, 0.1) is 0 Å². The quantitative estimate of drug-likeness (QED) is 0.854. The van der Waals surface area contributed by atoms with Crippen molar-refractivity contribution in [2.24, 2.45) is 0 Å². The van der Waals surface area contributed by atoms with Crippen LogP contribution in [0.1, 0.15) is 21.5 Å². The average molecular weight is 314 g/mol. The monoisotopic (exact) mass is 313 g/mol. The first-order valence-electron chi connectivity index (χ1n) is 6.68. The summed E-state index contributed by atoms with van der Waals surface area (Å²) in [5.74, 6) is -1.57. The van der Waals surface area contributed by atoms with Crippen molar-refractivity contribution in [3.8, 4) is 0 Å². The van der Waals surface area contributed by atoms with E-state index in [1.54, 1.807) is 36.4 Å². The number of Topliss-reactive ketones (excluding diaryl/α,β-unsaturated/α-hetero) is 2. The molecule has 0 unspecified atom stereocenters. The van der Waals surface area contributed by atoms with Gasteiger partial charge in [0.1, 0.15) is 5.70 Å². The molecule has 2 aromatic rings. The number of rotatable bonds is 3. The SMILES string of the molecule is O=C1C(=O)c2ccccc2C(O)=C1NCc1cccc(Cl)c1. The summed E-state index contributed by atoms with van der Waals surface area (Å²) >= 11 is 5.90. The van der Waals surface area contributed by atoms with Crippen molar-refractivity contribution in [1.29, 1.82) is 0 Å². The highest BCUT2D eigenvalue weighted by Gasteiger charge is 2.32. The predicted octanol–water partition coefficient (Wildman–Crippen LogP) is 3.12. The van der Waals surface area contributed by atoms with E-state index in [0.717, 1.165) is 5.56 Å². The van der Waals surface area contributed by atoms with Crippen LogP contribution in [0.3, 0.4) is 0 Å². The average Bonchev–Trinajstić information content (AvgIpc) is 2.53. The van der Waals surface area contributed by atoms with Crippen molar-refractivity contribution in [3.63, 3.8) is 0 Å². The Balaban J connectivity index is 1.92. The van der Waals surface area contributed by atoms with Crippen molar-refractivity contribution in [3.05, 3.63) is 75.9 Å². The number of carbonyl (C=O) groups excluding carboxylic acids is 2. The minimum Gasteiger partial charge on any atom is -0.505 e. The lowest BCUT2D eigenvalue weighted by Gasteiger charge is -2.18. The molecule has 2 N–H and O–H groups in total. The highest BCUT2D eigenvalue weighted by atomic mass is 35.5. The summed E-state index contributed by atoms with van der Waals surface area (Å²) in [5.41, 5.74) is 1.34. The largest absolute Gasteiger partial charge is 0.505 e. The predicted molar refractivity (Wildman–Crippen MR) is 83.6 cm³/mol. The number of halogens is 1. The molecule has 0 saturated carbocycles. The molecule has 1 aliphatic rings. The summed E-state index contributed by atoms with van der Waals surface area (Å²) in [6.07, 6.45) is 0. The zero-order chi connectivity index (χ0) is 15.7. The fourth-order valence-corrected chi connectivity index (χ4v) is 2.58. The first kappa shape index (κ1) is 14.4. The standard InChI is InChI=1S/C17H12ClNO3/c18-11-5-3-4-10(8-11)9-19-14-15(20)12-6-1-2-7-13(12)16(21)17(14)22/h1-8,19-20H,9H2. The number of benzene rings is 2. The van der Waals surface area contributed by atoms with Gasteiger partial charge in [0, 0.05) is 22.7 Å². The molecule has 0 saturated heterocycles. The van der Waals surface area contributed by atoms with E-state index in [1.165, 1.54) is 6.07 Å². The summed E-state index contributed by atoms with van der Waals surface area (Å²) in [6, 6.07) is 13.6. The number of fused-ring (bicyclic) bond motifs is 1. The lowest BCUT2D eigenvalue weighted by molar-refractivity contribution is -0.112. The molecule has 0 bridgehead atoms. The smallest absolute Gasteiger partial charge is 0.253 e. The number of allylic oxidation sites excluding steroid dienone is 1. The van der Waals surface area contributed by atoms with Gasteiger partial charge in [0.25, 0.3) is 5.78 Å². The lowest BCUT2D eigenvalue weighted by Crippen LogP contribution is -2.31. The van der Waals surface area contributed by atoms with Gasteiger partial charge in [0.2, 0.25) is 5.78 Å². The molecule has 2 aromatic carbocycles. The topological polar surface area (TPSA) is 66.4 Å². The molecule has 110 valence electrons. The van der Waals surface area contributed by atoms with Crippen LogP contribution in [-0.2, 0) is 11.3 Å². The maximum Gasteiger partial charge on any atom is 0.253 e. The molecule has 0 atom stereocenters. The molecule has 4 nitrogen and oxygen atoms in total. The second-order valence-corrected chi connectivity index (χ2v) is 5.35. The Kier molecular flexibility index (Phi) is 3.69. The van der Waals surface area contributed by atoms with Crippen LogP contribution in [0.5, 0.6) is 0 Å². The van der Waals surface area contributed by atoms with Crippen molar-refractivity contribution >= 4 is 28.9 Å². The van der Waals surface area contributed by atoms with E-state index in [-0.39, 0.29) is 23.6 Å². The Bertz CT molecular complexity index is 811. The zero-order valence-electron chi connectivity index (χ0n) is 11.5. The van der Waals surface area contributed by atoms with Gasteiger partial charge in [0.15, 0.2) is 5.76 Å². The van der Waals surface area contributed by atoms with Gasteiger partial charge in [-0.15, -0.1) is 0 Å². The fraction of sp³-hybridized carbons (Fsp3) is 0.0588. The van der Waals surface area contributed by atoms with Crippen LogP contribution in [0, 0.1) is 0 Å². The minimum atomic E-state index is -0.738. The molecule has 5 heteroatoms. The second-order valence-electron chi connectivity index (χ2n) is 4.91. The molecule has 0 aromatic heterocycles. The molecular weight excluding hydrogens is 302 g/mol. The normalized spacial score (nSPS) is 14.0. The van der Waals surface area contributed by atoms with E-state index in [0.29, 0.717) is 10.6 Å². The maximum atomic E-state index is 12.1. The summed E-state index contributed by atoms with van der Waals surface area (Å²) in [6.45, 7) is 0.279. The summed E-state index contributed by atoms with van der Waals surface area (Å²) in [7, 11) is 0. The van der Waals surface area contributed by atoms with Crippen molar-refractivity contribution < 1.29 is 14.7 Å². The Hall–Kier alpha value is -2.59. The molecular formula is C17H12ClNO3. The molecule has 0 aliphatic heterocycles. The van der Waals surface area contributed by atoms with Crippen LogP contribution < -0.4 is 5.32 Å². The molecule has 22 heavy (non-hydrogen) atoms. The number of aliphatic hydroxyl groups excluding tert-OH is 1. The molecule has 0 spiro atoms. The van der Waals surface area contributed by atoms with E-state index >= 15 is 0 Å². The van der Waals surface area contributed by atoms with Crippen LogP contribution >= 0.6 is 11.6 Å². The molecule has 0 heterocycles. The van der Waals surface area contributed by atoms with Gasteiger partial charge in [-0.05, 0) is 17.7 Å². The summed E-state index contributed by atoms with van der Waals surface area (Å²) < 4.78 is 0. The summed E-state index contributed by atoms with van der Waals surface area (Å²) in [4.78, 5) is 24.2. The lowest BCUT2D eigenvalue weighted by atomic mass is 9.91.